The van der Waals surface area contributed by atoms with Crippen molar-refractivity contribution in [2.75, 3.05) is 14.2 Å². The normalized spacial score (nSPS) is 12.0. The first-order valence-corrected chi connectivity index (χ1v) is 6.88. The highest BCUT2D eigenvalue weighted by Crippen LogP contribution is 2.29. The minimum Gasteiger partial charge on any atom is -0.497 e. The number of aromatic nitrogens is 2. The van der Waals surface area contributed by atoms with Gasteiger partial charge in [0.2, 0.25) is 0 Å². The fraction of sp³-hybridized carbons (Fsp3) is 0.375. The summed E-state index contributed by atoms with van der Waals surface area (Å²) in [6.07, 6.45) is 1.77. The van der Waals surface area contributed by atoms with Crippen molar-refractivity contribution in [2.24, 2.45) is 0 Å². The molecule has 0 saturated heterocycles. The van der Waals surface area contributed by atoms with E-state index in [0.29, 0.717) is 6.54 Å². The lowest BCUT2D eigenvalue weighted by atomic mass is 10.1. The number of benzene rings is 1. The summed E-state index contributed by atoms with van der Waals surface area (Å²) in [7, 11) is 3.33. The van der Waals surface area contributed by atoms with Crippen molar-refractivity contribution in [1.29, 1.82) is 0 Å². The summed E-state index contributed by atoms with van der Waals surface area (Å²) in [4.78, 5) is 8.49. The van der Waals surface area contributed by atoms with E-state index in [1.165, 1.54) is 0 Å². The Bertz CT molecular complexity index is 602. The molecule has 0 radical (unpaired) electrons. The summed E-state index contributed by atoms with van der Waals surface area (Å²) >= 11 is 0. The Balaban J connectivity index is 2.10. The first kappa shape index (κ1) is 15.3. The molecule has 0 aliphatic rings. The number of ether oxygens (including phenoxy) is 2. The molecule has 0 saturated carbocycles. The lowest BCUT2D eigenvalue weighted by Crippen LogP contribution is -2.19. The van der Waals surface area contributed by atoms with Gasteiger partial charge < -0.3 is 14.8 Å². The molecule has 1 aromatic heterocycles. The standard InChI is InChI=1S/C16H21N3O2/c1-11(18-10-13-7-8-17-12(2)19-13)15-9-14(20-3)5-6-16(15)21-4/h5-9,11,18H,10H2,1-4H3. The average Bonchev–Trinajstić information content (AvgIpc) is 2.52. The van der Waals surface area contributed by atoms with E-state index >= 15 is 0 Å². The number of methoxy groups -OCH3 is 2. The van der Waals surface area contributed by atoms with Crippen molar-refractivity contribution in [1.82, 2.24) is 15.3 Å². The number of hydrogen-bond acceptors (Lipinski definition) is 5. The number of hydrogen-bond donors (Lipinski definition) is 1. The third kappa shape index (κ3) is 3.92. The zero-order valence-electron chi connectivity index (χ0n) is 12.9. The second-order valence-corrected chi connectivity index (χ2v) is 4.81. The SMILES string of the molecule is COc1ccc(OC)c(C(C)NCc2ccnc(C)n2)c1. The summed E-state index contributed by atoms with van der Waals surface area (Å²) in [5, 5.41) is 3.44. The predicted octanol–water partition coefficient (Wildman–Crippen LogP) is 2.65. The maximum atomic E-state index is 5.42. The number of aryl methyl sites for hydroxylation is 1. The molecule has 5 nitrogen and oxygen atoms in total. The Morgan fingerprint density at radius 2 is 2.00 bits per heavy atom. The van der Waals surface area contributed by atoms with Crippen LogP contribution in [0.5, 0.6) is 11.5 Å². The Labute approximate surface area is 125 Å². The van der Waals surface area contributed by atoms with E-state index in [1.807, 2.05) is 31.2 Å². The monoisotopic (exact) mass is 287 g/mol. The van der Waals surface area contributed by atoms with Crippen molar-refractivity contribution in [3.8, 4) is 11.5 Å². The van der Waals surface area contributed by atoms with Gasteiger partial charge in [-0.15, -0.1) is 0 Å². The maximum Gasteiger partial charge on any atom is 0.125 e. The highest BCUT2D eigenvalue weighted by molar-refractivity contribution is 5.42. The van der Waals surface area contributed by atoms with Crippen LogP contribution in [0.2, 0.25) is 0 Å². The first-order chi connectivity index (χ1) is 10.1. The molecule has 1 aromatic carbocycles. The van der Waals surface area contributed by atoms with Crippen molar-refractivity contribution < 1.29 is 9.47 Å². The van der Waals surface area contributed by atoms with Gasteiger partial charge in [-0.3, -0.25) is 0 Å². The molecule has 1 atom stereocenters. The van der Waals surface area contributed by atoms with Gasteiger partial charge in [0, 0.05) is 24.3 Å². The lowest BCUT2D eigenvalue weighted by molar-refractivity contribution is 0.391. The highest BCUT2D eigenvalue weighted by atomic mass is 16.5. The van der Waals surface area contributed by atoms with Crippen LogP contribution >= 0.6 is 0 Å². The van der Waals surface area contributed by atoms with Gasteiger partial charge in [0.1, 0.15) is 17.3 Å². The van der Waals surface area contributed by atoms with Gasteiger partial charge in [0.05, 0.1) is 19.9 Å². The van der Waals surface area contributed by atoms with E-state index in [0.717, 1.165) is 28.6 Å². The first-order valence-electron chi connectivity index (χ1n) is 6.88. The van der Waals surface area contributed by atoms with Crippen LogP contribution in [0.15, 0.2) is 30.5 Å². The molecule has 2 aromatic rings. The molecule has 0 bridgehead atoms. The van der Waals surface area contributed by atoms with Gasteiger partial charge in [0.25, 0.3) is 0 Å². The van der Waals surface area contributed by atoms with Gasteiger partial charge in [-0.25, -0.2) is 9.97 Å². The van der Waals surface area contributed by atoms with E-state index in [4.69, 9.17) is 9.47 Å². The van der Waals surface area contributed by atoms with Crippen LogP contribution < -0.4 is 14.8 Å². The van der Waals surface area contributed by atoms with Crippen LogP contribution in [0.3, 0.4) is 0 Å². The van der Waals surface area contributed by atoms with Gasteiger partial charge in [-0.05, 0) is 38.1 Å². The molecule has 1 N–H and O–H groups in total. The van der Waals surface area contributed by atoms with Crippen LogP contribution in [0, 0.1) is 6.92 Å². The molecule has 0 amide bonds. The zero-order chi connectivity index (χ0) is 15.2. The summed E-state index contributed by atoms with van der Waals surface area (Å²) in [6, 6.07) is 7.83. The van der Waals surface area contributed by atoms with Crippen molar-refractivity contribution in [3.63, 3.8) is 0 Å². The average molecular weight is 287 g/mol. The molecule has 1 heterocycles. The molecular weight excluding hydrogens is 266 g/mol. The van der Waals surface area contributed by atoms with E-state index in [2.05, 4.69) is 22.2 Å². The smallest absolute Gasteiger partial charge is 0.125 e. The summed E-state index contributed by atoms with van der Waals surface area (Å²) in [5.41, 5.74) is 2.03. The van der Waals surface area contributed by atoms with Gasteiger partial charge in [-0.2, -0.15) is 0 Å². The maximum absolute atomic E-state index is 5.42. The van der Waals surface area contributed by atoms with Gasteiger partial charge >= 0.3 is 0 Å². The molecule has 0 fully saturated rings. The lowest BCUT2D eigenvalue weighted by Gasteiger charge is -2.18. The van der Waals surface area contributed by atoms with Crippen LogP contribution in [0.4, 0.5) is 0 Å². The third-order valence-electron chi connectivity index (χ3n) is 3.33. The number of nitrogens with zero attached hydrogens (tertiary/aromatic N) is 2. The Kier molecular flexibility index (Phi) is 5.11. The second kappa shape index (κ2) is 7.04. The summed E-state index contributed by atoms with van der Waals surface area (Å²) in [6.45, 7) is 4.65. The second-order valence-electron chi connectivity index (χ2n) is 4.81. The Hall–Kier alpha value is -2.14. The molecule has 5 heteroatoms. The zero-order valence-corrected chi connectivity index (χ0v) is 12.9. The predicted molar refractivity (Wildman–Crippen MR) is 81.6 cm³/mol. The molecule has 21 heavy (non-hydrogen) atoms. The minimum atomic E-state index is 0.116. The molecule has 0 spiro atoms. The van der Waals surface area contributed by atoms with Crippen LogP contribution in [0.25, 0.3) is 0 Å². The van der Waals surface area contributed by atoms with Crippen LogP contribution in [-0.4, -0.2) is 24.2 Å². The van der Waals surface area contributed by atoms with Crippen molar-refractivity contribution in [2.45, 2.75) is 26.4 Å². The third-order valence-corrected chi connectivity index (χ3v) is 3.33. The number of nitrogens with one attached hydrogen (secondary N) is 1. The van der Waals surface area contributed by atoms with E-state index in [9.17, 15) is 0 Å². The topological polar surface area (TPSA) is 56.3 Å². The van der Waals surface area contributed by atoms with Crippen LogP contribution in [-0.2, 0) is 6.54 Å². The minimum absolute atomic E-state index is 0.116. The molecule has 2 rings (SSSR count). The molecular formula is C16H21N3O2. The molecule has 0 aliphatic heterocycles. The van der Waals surface area contributed by atoms with E-state index in [-0.39, 0.29) is 6.04 Å². The summed E-state index contributed by atoms with van der Waals surface area (Å²) in [5.74, 6) is 2.44. The highest BCUT2D eigenvalue weighted by Gasteiger charge is 2.12. The Morgan fingerprint density at radius 1 is 1.19 bits per heavy atom. The Morgan fingerprint density at radius 3 is 2.67 bits per heavy atom. The number of rotatable bonds is 6. The fourth-order valence-corrected chi connectivity index (χ4v) is 2.15. The largest absolute Gasteiger partial charge is 0.497 e. The van der Waals surface area contributed by atoms with Gasteiger partial charge in [0.15, 0.2) is 0 Å². The quantitative estimate of drug-likeness (QED) is 0.885. The van der Waals surface area contributed by atoms with Gasteiger partial charge in [-0.1, -0.05) is 0 Å². The fourth-order valence-electron chi connectivity index (χ4n) is 2.15. The van der Waals surface area contributed by atoms with Crippen molar-refractivity contribution in [3.05, 3.63) is 47.5 Å². The van der Waals surface area contributed by atoms with E-state index in [1.54, 1.807) is 20.4 Å². The van der Waals surface area contributed by atoms with E-state index < -0.39 is 0 Å². The molecule has 1 unspecified atom stereocenters. The molecule has 0 aliphatic carbocycles. The summed E-state index contributed by atoms with van der Waals surface area (Å²) < 4.78 is 10.7. The van der Waals surface area contributed by atoms with Crippen LogP contribution in [0.1, 0.15) is 30.0 Å². The molecule has 112 valence electrons. The van der Waals surface area contributed by atoms with Crippen molar-refractivity contribution >= 4 is 0 Å².